The van der Waals surface area contributed by atoms with Gasteiger partial charge in [-0.2, -0.15) is 0 Å². The Morgan fingerprint density at radius 2 is 2.17 bits per heavy atom. The molecule has 0 aromatic heterocycles. The molecule has 1 N–H and O–H groups in total. The number of hydrogen-bond acceptors (Lipinski definition) is 1. The number of nitrogens with one attached hydrogen (secondary N) is 1. The maximum Gasteiger partial charge on any atom is 0.252 e. The van der Waals surface area contributed by atoms with E-state index in [1.165, 1.54) is 0 Å². The fourth-order valence-corrected chi connectivity index (χ4v) is 3.34. The molecule has 1 aromatic carbocycles. The summed E-state index contributed by atoms with van der Waals surface area (Å²) in [5.41, 5.74) is 0.526. The maximum absolute atomic E-state index is 12.3. The van der Waals surface area contributed by atoms with Gasteiger partial charge in [0.25, 0.3) is 5.91 Å². The molecule has 0 aliphatic carbocycles. The van der Waals surface area contributed by atoms with Gasteiger partial charge >= 0.3 is 0 Å². The lowest BCUT2D eigenvalue weighted by Gasteiger charge is -2.29. The average Bonchev–Trinajstić information content (AvgIpc) is 2.32. The molecule has 18 heavy (non-hydrogen) atoms. The van der Waals surface area contributed by atoms with Crippen molar-refractivity contribution in [2.24, 2.45) is 0 Å². The zero-order valence-corrected chi connectivity index (χ0v) is 15.7. The lowest BCUT2D eigenvalue weighted by atomic mass is 9.95. The molecule has 1 rings (SSSR count). The largest absolute Gasteiger partial charge is 0.347 e. The minimum atomic E-state index is -0.165. The molecule has 1 atom stereocenters. The van der Waals surface area contributed by atoms with Crippen LogP contribution in [0.1, 0.15) is 37.0 Å². The van der Waals surface area contributed by atoms with E-state index < -0.39 is 0 Å². The summed E-state index contributed by atoms with van der Waals surface area (Å²) in [4.78, 5) is 12.3. The van der Waals surface area contributed by atoms with Gasteiger partial charge < -0.3 is 5.32 Å². The van der Waals surface area contributed by atoms with Crippen molar-refractivity contribution in [3.63, 3.8) is 0 Å². The van der Waals surface area contributed by atoms with Gasteiger partial charge in [0.05, 0.1) is 5.56 Å². The fourth-order valence-electron chi connectivity index (χ4n) is 1.55. The summed E-state index contributed by atoms with van der Waals surface area (Å²) >= 11 is 9.07. The molecule has 0 saturated carbocycles. The Hall–Kier alpha value is 0.380. The van der Waals surface area contributed by atoms with Gasteiger partial charge in [-0.1, -0.05) is 22.9 Å². The normalized spacial score (nSPS) is 14.1. The van der Waals surface area contributed by atoms with Gasteiger partial charge in [-0.3, -0.25) is 4.79 Å². The molecular formula is C13H16Br2INO. The monoisotopic (exact) mass is 487 g/mol. The van der Waals surface area contributed by atoms with E-state index in [2.05, 4.69) is 73.6 Å². The number of carbonyl (C=O) groups excluding carboxylic acids is 1. The SMILES string of the molecule is CCC(C)(CCBr)NC(=O)c1cc(I)ccc1Br. The Labute approximate surface area is 139 Å². The van der Waals surface area contributed by atoms with Crippen LogP contribution in [0.3, 0.4) is 0 Å². The molecule has 0 fully saturated rings. The summed E-state index contributed by atoms with van der Waals surface area (Å²) in [6.07, 6.45) is 1.82. The van der Waals surface area contributed by atoms with Crippen molar-refractivity contribution in [3.05, 3.63) is 31.8 Å². The zero-order chi connectivity index (χ0) is 13.8. The molecular weight excluding hydrogens is 473 g/mol. The van der Waals surface area contributed by atoms with E-state index in [0.29, 0.717) is 5.56 Å². The van der Waals surface area contributed by atoms with Crippen molar-refractivity contribution < 1.29 is 4.79 Å². The Morgan fingerprint density at radius 1 is 1.50 bits per heavy atom. The molecule has 0 aliphatic heterocycles. The summed E-state index contributed by atoms with van der Waals surface area (Å²) in [5.74, 6) is -0.0225. The van der Waals surface area contributed by atoms with E-state index in [0.717, 1.165) is 26.2 Å². The van der Waals surface area contributed by atoms with Crippen molar-refractivity contribution in [1.82, 2.24) is 5.32 Å². The van der Waals surface area contributed by atoms with E-state index in [1.807, 2.05) is 18.2 Å². The maximum atomic E-state index is 12.3. The molecule has 0 bridgehead atoms. The highest BCUT2D eigenvalue weighted by Crippen LogP contribution is 2.22. The first-order valence-corrected chi connectivity index (χ1v) is 8.74. The zero-order valence-electron chi connectivity index (χ0n) is 10.4. The second-order valence-electron chi connectivity index (χ2n) is 4.43. The summed E-state index contributed by atoms with van der Waals surface area (Å²) in [6.45, 7) is 4.17. The van der Waals surface area contributed by atoms with Gasteiger partial charge in [0.1, 0.15) is 0 Å². The predicted octanol–water partition coefficient (Wildman–Crippen LogP) is 4.74. The third-order valence-corrected chi connectivity index (χ3v) is 4.77. The Balaban J connectivity index is 2.90. The second kappa shape index (κ2) is 7.24. The highest BCUT2D eigenvalue weighted by Gasteiger charge is 2.24. The number of amides is 1. The van der Waals surface area contributed by atoms with Crippen molar-refractivity contribution in [2.75, 3.05) is 5.33 Å². The van der Waals surface area contributed by atoms with Crippen LogP contribution in [0, 0.1) is 3.57 Å². The molecule has 1 amide bonds. The molecule has 0 spiro atoms. The topological polar surface area (TPSA) is 29.1 Å². The quantitative estimate of drug-likeness (QED) is 0.471. The molecule has 0 aliphatic rings. The number of halogens is 3. The lowest BCUT2D eigenvalue weighted by molar-refractivity contribution is 0.0901. The van der Waals surface area contributed by atoms with Crippen molar-refractivity contribution in [3.8, 4) is 0 Å². The summed E-state index contributed by atoms with van der Waals surface area (Å²) in [5, 5.41) is 4.01. The average molecular weight is 489 g/mol. The van der Waals surface area contributed by atoms with Crippen LogP contribution in [0.4, 0.5) is 0 Å². The highest BCUT2D eigenvalue weighted by atomic mass is 127. The summed E-state index contributed by atoms with van der Waals surface area (Å²) < 4.78 is 1.89. The number of alkyl halides is 1. The minimum Gasteiger partial charge on any atom is -0.347 e. The first kappa shape index (κ1) is 16.4. The van der Waals surface area contributed by atoms with Crippen LogP contribution in [0.2, 0.25) is 0 Å². The van der Waals surface area contributed by atoms with Crippen molar-refractivity contribution >= 4 is 60.4 Å². The first-order valence-electron chi connectivity index (χ1n) is 5.75. The molecule has 0 saturated heterocycles. The fraction of sp³-hybridized carbons (Fsp3) is 0.462. The Kier molecular flexibility index (Phi) is 6.61. The molecule has 1 aromatic rings. The minimum absolute atomic E-state index is 0.0225. The van der Waals surface area contributed by atoms with Crippen LogP contribution >= 0.6 is 54.5 Å². The highest BCUT2D eigenvalue weighted by molar-refractivity contribution is 14.1. The van der Waals surface area contributed by atoms with Crippen LogP contribution in [0.15, 0.2) is 22.7 Å². The molecule has 2 nitrogen and oxygen atoms in total. The predicted molar refractivity (Wildman–Crippen MR) is 91.4 cm³/mol. The number of carbonyl (C=O) groups is 1. The van der Waals surface area contributed by atoms with Gasteiger partial charge in [-0.15, -0.1) is 0 Å². The first-order chi connectivity index (χ1) is 8.41. The smallest absolute Gasteiger partial charge is 0.252 e. The van der Waals surface area contributed by atoms with E-state index in [4.69, 9.17) is 0 Å². The number of rotatable bonds is 5. The van der Waals surface area contributed by atoms with Crippen molar-refractivity contribution in [1.29, 1.82) is 0 Å². The molecule has 0 heterocycles. The third kappa shape index (κ3) is 4.49. The van der Waals surface area contributed by atoms with Crippen LogP contribution in [-0.4, -0.2) is 16.8 Å². The second-order valence-corrected chi connectivity index (χ2v) is 7.32. The van der Waals surface area contributed by atoms with E-state index in [-0.39, 0.29) is 11.4 Å². The number of benzene rings is 1. The molecule has 100 valence electrons. The Bertz CT molecular complexity index is 439. The van der Waals surface area contributed by atoms with Gasteiger partial charge in [0.2, 0.25) is 0 Å². The van der Waals surface area contributed by atoms with E-state index in [9.17, 15) is 4.79 Å². The van der Waals surface area contributed by atoms with Gasteiger partial charge in [0, 0.05) is 18.9 Å². The molecule has 0 radical (unpaired) electrons. The van der Waals surface area contributed by atoms with Crippen molar-refractivity contribution in [2.45, 2.75) is 32.2 Å². The summed E-state index contributed by atoms with van der Waals surface area (Å²) in [6, 6.07) is 5.77. The summed E-state index contributed by atoms with van der Waals surface area (Å²) in [7, 11) is 0. The van der Waals surface area contributed by atoms with Crippen LogP contribution in [0.5, 0.6) is 0 Å². The third-order valence-electron chi connectivity index (χ3n) is 3.01. The van der Waals surface area contributed by atoms with Crippen LogP contribution < -0.4 is 5.32 Å². The van der Waals surface area contributed by atoms with Gasteiger partial charge in [-0.25, -0.2) is 0 Å². The molecule has 5 heteroatoms. The van der Waals surface area contributed by atoms with Gasteiger partial charge in [-0.05, 0) is 76.5 Å². The van der Waals surface area contributed by atoms with Crippen LogP contribution in [-0.2, 0) is 0 Å². The standard InChI is InChI=1S/C13H16Br2INO/c1-3-13(2,6-7-14)17-12(18)10-8-9(16)4-5-11(10)15/h4-5,8H,3,6-7H2,1-2H3,(H,17,18). The van der Waals surface area contributed by atoms with Gasteiger partial charge in [0.15, 0.2) is 0 Å². The molecule has 1 unspecified atom stereocenters. The number of hydrogen-bond donors (Lipinski definition) is 1. The Morgan fingerprint density at radius 3 is 2.72 bits per heavy atom. The van der Waals surface area contributed by atoms with E-state index in [1.54, 1.807) is 0 Å². The van der Waals surface area contributed by atoms with E-state index >= 15 is 0 Å². The lowest BCUT2D eigenvalue weighted by Crippen LogP contribution is -2.45. The van der Waals surface area contributed by atoms with Crippen LogP contribution in [0.25, 0.3) is 0 Å².